The number of hydrogen-bond acceptors (Lipinski definition) is 5. The summed E-state index contributed by atoms with van der Waals surface area (Å²) in [5, 5.41) is 3.93. The van der Waals surface area contributed by atoms with E-state index in [2.05, 4.69) is 5.16 Å². The maximum Gasteiger partial charge on any atom is 0.222 e. The van der Waals surface area contributed by atoms with E-state index in [-0.39, 0.29) is 17.9 Å². The summed E-state index contributed by atoms with van der Waals surface area (Å²) in [6, 6.07) is 3.81. The summed E-state index contributed by atoms with van der Waals surface area (Å²) in [4.78, 5) is 14.3. The van der Waals surface area contributed by atoms with Crippen LogP contribution in [0, 0.1) is 20.8 Å². The Kier molecular flexibility index (Phi) is 4.26. The molecular weight excluding hydrogens is 294 g/mol. The predicted molar refractivity (Wildman–Crippen MR) is 85.0 cm³/mol. The number of rotatable bonds is 4. The molecule has 23 heavy (non-hydrogen) atoms. The van der Waals surface area contributed by atoms with Crippen LogP contribution < -0.4 is 5.73 Å². The Morgan fingerprint density at radius 1 is 1.35 bits per heavy atom. The second-order valence-corrected chi connectivity index (χ2v) is 6.32. The fraction of sp³-hybridized carbons (Fsp3) is 0.529. The molecule has 2 atom stereocenters. The fourth-order valence-corrected chi connectivity index (χ4v) is 3.24. The van der Waals surface area contributed by atoms with E-state index in [1.807, 2.05) is 37.8 Å². The molecule has 2 aromatic rings. The fourth-order valence-electron chi connectivity index (χ4n) is 3.24. The lowest BCUT2D eigenvalue weighted by atomic mass is 10.0. The smallest absolute Gasteiger partial charge is 0.222 e. The number of carbonyl (C=O) groups is 1. The van der Waals surface area contributed by atoms with Gasteiger partial charge in [0.25, 0.3) is 0 Å². The van der Waals surface area contributed by atoms with Gasteiger partial charge >= 0.3 is 0 Å². The van der Waals surface area contributed by atoms with Crippen molar-refractivity contribution in [1.82, 2.24) is 10.1 Å². The minimum absolute atomic E-state index is 0.0757. The zero-order valence-corrected chi connectivity index (χ0v) is 13.8. The van der Waals surface area contributed by atoms with Crippen LogP contribution >= 0.6 is 0 Å². The van der Waals surface area contributed by atoms with Gasteiger partial charge in [0, 0.05) is 31.1 Å². The first-order chi connectivity index (χ1) is 11.0. The third-order valence-corrected chi connectivity index (χ3v) is 4.61. The van der Waals surface area contributed by atoms with Gasteiger partial charge in [0.05, 0.1) is 11.6 Å². The maximum atomic E-state index is 12.5. The molecule has 3 rings (SSSR count). The molecule has 3 heterocycles. The van der Waals surface area contributed by atoms with Gasteiger partial charge in [-0.2, -0.15) is 0 Å². The Hall–Kier alpha value is -2.08. The first-order valence-electron chi connectivity index (χ1n) is 7.97. The molecule has 1 saturated heterocycles. The molecule has 2 aromatic heterocycles. The van der Waals surface area contributed by atoms with Crippen LogP contribution in [-0.4, -0.2) is 35.1 Å². The van der Waals surface area contributed by atoms with Crippen molar-refractivity contribution in [2.24, 2.45) is 5.73 Å². The lowest BCUT2D eigenvalue weighted by Crippen LogP contribution is -2.32. The molecule has 0 radical (unpaired) electrons. The molecule has 0 aliphatic carbocycles. The monoisotopic (exact) mass is 317 g/mol. The van der Waals surface area contributed by atoms with Gasteiger partial charge in [-0.1, -0.05) is 5.16 Å². The van der Waals surface area contributed by atoms with Gasteiger partial charge in [-0.15, -0.1) is 0 Å². The van der Waals surface area contributed by atoms with Crippen LogP contribution in [0.25, 0.3) is 0 Å². The van der Waals surface area contributed by atoms with Gasteiger partial charge < -0.3 is 19.6 Å². The molecule has 0 spiro atoms. The first-order valence-corrected chi connectivity index (χ1v) is 7.97. The van der Waals surface area contributed by atoms with Gasteiger partial charge in [-0.3, -0.25) is 4.79 Å². The number of carbonyl (C=O) groups excluding carboxylic acids is 1. The zero-order valence-electron chi connectivity index (χ0n) is 13.8. The SMILES string of the molecule is Cc1ccc([C@H]2CN(C(=O)CCc3c(C)noc3C)C[C@@H]2N)o1. The summed E-state index contributed by atoms with van der Waals surface area (Å²) in [5.74, 6) is 2.72. The number of likely N-dealkylation sites (tertiary alicyclic amines) is 1. The summed E-state index contributed by atoms with van der Waals surface area (Å²) in [6.07, 6.45) is 1.09. The van der Waals surface area contributed by atoms with E-state index < -0.39 is 0 Å². The second kappa shape index (κ2) is 6.20. The molecule has 0 bridgehead atoms. The van der Waals surface area contributed by atoms with Crippen molar-refractivity contribution in [2.45, 2.75) is 45.6 Å². The van der Waals surface area contributed by atoms with Gasteiger partial charge in [0.2, 0.25) is 5.91 Å². The standard InChI is InChI=1S/C17H23N3O3/c1-10-4-6-16(22-10)14-8-20(9-15(14)18)17(21)7-5-13-11(2)19-23-12(13)3/h4,6,14-15H,5,7-9,18H2,1-3H3/t14-,15-/m0/s1. The van der Waals surface area contributed by atoms with Crippen LogP contribution in [0.1, 0.15) is 40.9 Å². The summed E-state index contributed by atoms with van der Waals surface area (Å²) < 4.78 is 10.8. The van der Waals surface area contributed by atoms with Crippen molar-refractivity contribution >= 4 is 5.91 Å². The molecule has 0 saturated carbocycles. The topological polar surface area (TPSA) is 85.5 Å². The average Bonchev–Trinajstić information content (AvgIpc) is 3.18. The van der Waals surface area contributed by atoms with Crippen molar-refractivity contribution < 1.29 is 13.7 Å². The maximum absolute atomic E-state index is 12.5. The van der Waals surface area contributed by atoms with Crippen molar-refractivity contribution in [3.8, 4) is 0 Å². The summed E-state index contributed by atoms with van der Waals surface area (Å²) in [7, 11) is 0. The Bertz CT molecular complexity index is 684. The molecule has 1 amide bonds. The lowest BCUT2D eigenvalue weighted by molar-refractivity contribution is -0.130. The number of furan rings is 1. The molecule has 1 aliphatic heterocycles. The van der Waals surface area contributed by atoms with E-state index >= 15 is 0 Å². The minimum Gasteiger partial charge on any atom is -0.466 e. The molecule has 2 N–H and O–H groups in total. The molecule has 1 aliphatic rings. The Labute approximate surface area is 135 Å². The van der Waals surface area contributed by atoms with Gasteiger partial charge in [0.1, 0.15) is 17.3 Å². The molecule has 6 heteroatoms. The Morgan fingerprint density at radius 2 is 2.13 bits per heavy atom. The highest BCUT2D eigenvalue weighted by Gasteiger charge is 2.35. The quantitative estimate of drug-likeness (QED) is 0.933. The van der Waals surface area contributed by atoms with Crippen LogP contribution in [0.5, 0.6) is 0 Å². The lowest BCUT2D eigenvalue weighted by Gasteiger charge is -2.15. The van der Waals surface area contributed by atoms with E-state index in [0.717, 1.165) is 28.5 Å². The minimum atomic E-state index is -0.0800. The van der Waals surface area contributed by atoms with Gasteiger partial charge in [0.15, 0.2) is 0 Å². The highest BCUT2D eigenvalue weighted by Crippen LogP contribution is 2.28. The average molecular weight is 317 g/mol. The number of nitrogens with zero attached hydrogens (tertiary/aromatic N) is 2. The van der Waals surface area contributed by atoms with Crippen molar-refractivity contribution in [1.29, 1.82) is 0 Å². The summed E-state index contributed by atoms with van der Waals surface area (Å²) >= 11 is 0. The Balaban J connectivity index is 1.61. The van der Waals surface area contributed by atoms with Crippen molar-refractivity contribution in [3.63, 3.8) is 0 Å². The molecule has 0 aromatic carbocycles. The number of hydrogen-bond donors (Lipinski definition) is 1. The summed E-state index contributed by atoms with van der Waals surface area (Å²) in [5.41, 5.74) is 8.10. The van der Waals surface area contributed by atoms with E-state index in [4.69, 9.17) is 14.7 Å². The molecule has 1 fully saturated rings. The third-order valence-electron chi connectivity index (χ3n) is 4.61. The largest absolute Gasteiger partial charge is 0.466 e. The second-order valence-electron chi connectivity index (χ2n) is 6.32. The van der Waals surface area contributed by atoms with E-state index in [0.29, 0.717) is 25.9 Å². The highest BCUT2D eigenvalue weighted by molar-refractivity contribution is 5.77. The highest BCUT2D eigenvalue weighted by atomic mass is 16.5. The molecule has 124 valence electrons. The number of nitrogens with two attached hydrogens (primary N) is 1. The third kappa shape index (κ3) is 3.17. The normalized spacial score (nSPS) is 21.1. The number of amides is 1. The van der Waals surface area contributed by atoms with Crippen LogP contribution in [-0.2, 0) is 11.2 Å². The molecule has 6 nitrogen and oxygen atoms in total. The van der Waals surface area contributed by atoms with Gasteiger partial charge in [-0.05, 0) is 39.3 Å². The van der Waals surface area contributed by atoms with Crippen molar-refractivity contribution in [2.75, 3.05) is 13.1 Å². The van der Waals surface area contributed by atoms with Crippen molar-refractivity contribution in [3.05, 3.63) is 40.7 Å². The number of aromatic nitrogens is 1. The molecular formula is C17H23N3O3. The number of aryl methyl sites for hydroxylation is 3. The molecule has 0 unspecified atom stereocenters. The Morgan fingerprint density at radius 3 is 2.74 bits per heavy atom. The van der Waals surface area contributed by atoms with Crippen LogP contribution in [0.3, 0.4) is 0 Å². The van der Waals surface area contributed by atoms with Crippen LogP contribution in [0.4, 0.5) is 0 Å². The van der Waals surface area contributed by atoms with Crippen LogP contribution in [0.15, 0.2) is 21.1 Å². The summed E-state index contributed by atoms with van der Waals surface area (Å²) in [6.45, 7) is 6.88. The van der Waals surface area contributed by atoms with E-state index in [1.54, 1.807) is 0 Å². The predicted octanol–water partition coefficient (Wildman–Crippen LogP) is 2.08. The van der Waals surface area contributed by atoms with Crippen LogP contribution in [0.2, 0.25) is 0 Å². The van der Waals surface area contributed by atoms with Gasteiger partial charge in [-0.25, -0.2) is 0 Å². The van der Waals surface area contributed by atoms with E-state index in [1.165, 1.54) is 0 Å². The zero-order chi connectivity index (χ0) is 16.6. The first kappa shape index (κ1) is 15.8. The van der Waals surface area contributed by atoms with E-state index in [9.17, 15) is 4.79 Å².